The summed E-state index contributed by atoms with van der Waals surface area (Å²) in [6.45, 7) is 1.88. The molecule has 0 unspecified atom stereocenters. The molecular weight excluding hydrogens is 362 g/mol. The monoisotopic (exact) mass is 373 g/mol. The van der Waals surface area contributed by atoms with Crippen molar-refractivity contribution in [1.29, 1.82) is 0 Å². The standard InChI is InChI=1S/C16H11N3O4S2/c1-9-3-2-4-10(7-9)18-15(21)12(14(20)17-16(18)24)8-11-5-6-13(25-11)19(22)23/h2-8H,1H3,(H,17,20,24). The lowest BCUT2D eigenvalue weighted by Gasteiger charge is -2.29. The second kappa shape index (κ2) is 6.54. The Hall–Kier alpha value is -2.91. The third kappa shape index (κ3) is 3.32. The topological polar surface area (TPSA) is 92.6 Å². The van der Waals surface area contributed by atoms with E-state index < -0.39 is 16.7 Å². The summed E-state index contributed by atoms with van der Waals surface area (Å²) in [6, 6.07) is 9.95. The first-order valence-corrected chi connectivity index (χ1v) is 8.31. The molecule has 0 spiro atoms. The first-order chi connectivity index (χ1) is 11.9. The van der Waals surface area contributed by atoms with Gasteiger partial charge in [0.15, 0.2) is 5.11 Å². The smallest absolute Gasteiger partial charge is 0.298 e. The third-order valence-electron chi connectivity index (χ3n) is 3.44. The number of benzene rings is 1. The number of aryl methyl sites for hydroxylation is 1. The van der Waals surface area contributed by atoms with E-state index in [-0.39, 0.29) is 15.7 Å². The van der Waals surface area contributed by atoms with Gasteiger partial charge >= 0.3 is 5.00 Å². The average Bonchev–Trinajstić information content (AvgIpc) is 3.00. The second-order valence-corrected chi connectivity index (χ2v) is 6.71. The minimum absolute atomic E-state index is 0.00471. The molecule has 1 aromatic carbocycles. The molecule has 1 aliphatic heterocycles. The maximum Gasteiger partial charge on any atom is 0.324 e. The molecule has 0 aliphatic carbocycles. The summed E-state index contributed by atoms with van der Waals surface area (Å²) in [5.41, 5.74) is 1.34. The van der Waals surface area contributed by atoms with Crippen LogP contribution in [0.1, 0.15) is 10.4 Å². The number of hydrogen-bond donors (Lipinski definition) is 1. The number of rotatable bonds is 3. The zero-order chi connectivity index (χ0) is 18.1. The molecule has 2 amide bonds. The molecule has 0 atom stereocenters. The number of thiocarbonyl (C=S) groups is 1. The fraction of sp³-hybridized carbons (Fsp3) is 0.0625. The highest BCUT2D eigenvalue weighted by atomic mass is 32.1. The Morgan fingerprint density at radius 3 is 2.68 bits per heavy atom. The average molecular weight is 373 g/mol. The molecule has 3 rings (SSSR count). The summed E-state index contributed by atoms with van der Waals surface area (Å²) in [5, 5.41) is 13.2. The van der Waals surface area contributed by atoms with Crippen molar-refractivity contribution in [3.8, 4) is 0 Å². The van der Waals surface area contributed by atoms with Gasteiger partial charge in [-0.25, -0.2) is 0 Å². The van der Waals surface area contributed by atoms with Crippen LogP contribution < -0.4 is 10.2 Å². The van der Waals surface area contributed by atoms with E-state index in [4.69, 9.17) is 12.2 Å². The lowest BCUT2D eigenvalue weighted by Crippen LogP contribution is -2.54. The number of hydrogen-bond acceptors (Lipinski definition) is 6. The molecule has 2 aromatic rings. The maximum atomic E-state index is 12.8. The van der Waals surface area contributed by atoms with Crippen LogP contribution in [0.25, 0.3) is 6.08 Å². The maximum absolute atomic E-state index is 12.8. The number of anilines is 1. The van der Waals surface area contributed by atoms with E-state index in [0.29, 0.717) is 10.6 Å². The van der Waals surface area contributed by atoms with Crippen LogP contribution in [0.3, 0.4) is 0 Å². The minimum Gasteiger partial charge on any atom is -0.298 e. The van der Waals surface area contributed by atoms with Gasteiger partial charge in [0.05, 0.1) is 10.6 Å². The Morgan fingerprint density at radius 1 is 1.28 bits per heavy atom. The van der Waals surface area contributed by atoms with E-state index in [0.717, 1.165) is 16.9 Å². The van der Waals surface area contributed by atoms with Crippen molar-refractivity contribution in [2.45, 2.75) is 6.92 Å². The molecule has 9 heteroatoms. The Kier molecular flexibility index (Phi) is 4.43. The molecule has 1 saturated heterocycles. The van der Waals surface area contributed by atoms with Crippen molar-refractivity contribution in [2.24, 2.45) is 0 Å². The van der Waals surface area contributed by atoms with Crippen molar-refractivity contribution < 1.29 is 14.5 Å². The van der Waals surface area contributed by atoms with Crippen molar-refractivity contribution in [3.05, 3.63) is 62.5 Å². The lowest BCUT2D eigenvalue weighted by atomic mass is 10.1. The molecule has 1 aliphatic rings. The van der Waals surface area contributed by atoms with E-state index in [1.54, 1.807) is 18.2 Å². The summed E-state index contributed by atoms with van der Waals surface area (Å²) < 4.78 is 0. The van der Waals surface area contributed by atoms with E-state index in [2.05, 4.69) is 5.32 Å². The van der Waals surface area contributed by atoms with Crippen LogP contribution in [0.5, 0.6) is 0 Å². The molecule has 1 fully saturated rings. The summed E-state index contributed by atoms with van der Waals surface area (Å²) in [5.74, 6) is -1.20. The SMILES string of the molecule is Cc1cccc(N2C(=O)C(=Cc3ccc([N+](=O)[O-])s3)C(=O)NC2=S)c1. The van der Waals surface area contributed by atoms with Crippen molar-refractivity contribution in [2.75, 3.05) is 4.90 Å². The molecule has 2 heterocycles. The number of amides is 2. The number of nitro groups is 1. The minimum atomic E-state index is -0.630. The van der Waals surface area contributed by atoms with Gasteiger partial charge < -0.3 is 0 Å². The number of nitrogens with one attached hydrogen (secondary N) is 1. The predicted molar refractivity (Wildman–Crippen MR) is 98.4 cm³/mol. The van der Waals surface area contributed by atoms with Crippen molar-refractivity contribution in [3.63, 3.8) is 0 Å². The summed E-state index contributed by atoms with van der Waals surface area (Å²) in [4.78, 5) is 36.9. The summed E-state index contributed by atoms with van der Waals surface area (Å²) in [7, 11) is 0. The Balaban J connectivity index is 2.00. The van der Waals surface area contributed by atoms with Gasteiger partial charge in [0, 0.05) is 10.9 Å². The quantitative estimate of drug-likeness (QED) is 0.294. The summed E-state index contributed by atoms with van der Waals surface area (Å²) >= 11 is 6.00. The molecule has 0 saturated carbocycles. The van der Waals surface area contributed by atoms with Crippen LogP contribution in [0.15, 0.2) is 42.0 Å². The third-order valence-corrected chi connectivity index (χ3v) is 4.71. The van der Waals surface area contributed by atoms with Crippen LogP contribution >= 0.6 is 23.6 Å². The molecular formula is C16H11N3O4S2. The molecule has 1 N–H and O–H groups in total. The highest BCUT2D eigenvalue weighted by molar-refractivity contribution is 7.80. The molecule has 126 valence electrons. The Morgan fingerprint density at radius 2 is 2.04 bits per heavy atom. The zero-order valence-corrected chi connectivity index (χ0v) is 14.5. The normalized spacial score (nSPS) is 16.3. The second-order valence-electron chi connectivity index (χ2n) is 5.23. The van der Waals surface area contributed by atoms with Gasteiger partial charge in [-0.15, -0.1) is 0 Å². The predicted octanol–water partition coefficient (Wildman–Crippen LogP) is 2.80. The van der Waals surface area contributed by atoms with Crippen LogP contribution in [0, 0.1) is 17.0 Å². The van der Waals surface area contributed by atoms with Gasteiger partial charge in [0.2, 0.25) is 0 Å². The zero-order valence-electron chi connectivity index (χ0n) is 12.9. The van der Waals surface area contributed by atoms with E-state index >= 15 is 0 Å². The van der Waals surface area contributed by atoms with E-state index in [1.165, 1.54) is 23.1 Å². The van der Waals surface area contributed by atoms with Crippen molar-refractivity contribution in [1.82, 2.24) is 5.32 Å². The van der Waals surface area contributed by atoms with Crippen LogP contribution in [-0.2, 0) is 9.59 Å². The van der Waals surface area contributed by atoms with Crippen LogP contribution in [0.4, 0.5) is 10.7 Å². The Labute approximate surface area is 151 Å². The van der Waals surface area contributed by atoms with Gasteiger partial charge in [-0.2, -0.15) is 0 Å². The van der Waals surface area contributed by atoms with Gasteiger partial charge in [-0.1, -0.05) is 23.5 Å². The first-order valence-electron chi connectivity index (χ1n) is 7.09. The molecule has 0 bridgehead atoms. The fourth-order valence-electron chi connectivity index (χ4n) is 2.32. The van der Waals surface area contributed by atoms with E-state index in [9.17, 15) is 19.7 Å². The molecule has 25 heavy (non-hydrogen) atoms. The number of carbonyl (C=O) groups excluding carboxylic acids is 2. The van der Waals surface area contributed by atoms with Crippen LogP contribution in [-0.4, -0.2) is 21.9 Å². The van der Waals surface area contributed by atoms with Gasteiger partial charge in [0.1, 0.15) is 5.57 Å². The fourth-order valence-corrected chi connectivity index (χ4v) is 3.37. The summed E-state index contributed by atoms with van der Waals surface area (Å²) in [6.07, 6.45) is 1.33. The van der Waals surface area contributed by atoms with Gasteiger partial charge in [0.25, 0.3) is 11.8 Å². The molecule has 1 aromatic heterocycles. The highest BCUT2D eigenvalue weighted by Crippen LogP contribution is 2.28. The van der Waals surface area contributed by atoms with Crippen molar-refractivity contribution >= 4 is 57.2 Å². The van der Waals surface area contributed by atoms with Crippen LogP contribution in [0.2, 0.25) is 0 Å². The number of thiophene rings is 1. The highest BCUT2D eigenvalue weighted by Gasteiger charge is 2.34. The molecule has 7 nitrogen and oxygen atoms in total. The first kappa shape index (κ1) is 16.9. The van der Waals surface area contributed by atoms with Gasteiger partial charge in [-0.05, 0) is 49.0 Å². The van der Waals surface area contributed by atoms with E-state index in [1.807, 2.05) is 13.0 Å². The largest absolute Gasteiger partial charge is 0.324 e. The number of nitrogens with zero attached hydrogens (tertiary/aromatic N) is 2. The lowest BCUT2D eigenvalue weighted by molar-refractivity contribution is -0.380. The van der Waals surface area contributed by atoms with Gasteiger partial charge in [-0.3, -0.25) is 29.9 Å². The number of carbonyl (C=O) groups is 2. The molecule has 0 radical (unpaired) electrons. The Bertz CT molecular complexity index is 948.